The maximum absolute atomic E-state index is 12.9. The van der Waals surface area contributed by atoms with Crippen LogP contribution >= 0.6 is 0 Å². The van der Waals surface area contributed by atoms with E-state index in [1.54, 1.807) is 44.1 Å². The van der Waals surface area contributed by atoms with Gasteiger partial charge in [0.05, 0.1) is 18.3 Å². The second kappa shape index (κ2) is 7.29. The predicted molar refractivity (Wildman–Crippen MR) is 90.5 cm³/mol. The van der Waals surface area contributed by atoms with Crippen LogP contribution in [-0.2, 0) is 6.54 Å². The van der Waals surface area contributed by atoms with E-state index in [4.69, 9.17) is 4.74 Å². The number of hydrogen-bond donors (Lipinski definition) is 1. The summed E-state index contributed by atoms with van der Waals surface area (Å²) in [7, 11) is 1.55. The normalized spacial score (nSPS) is 11.1. The van der Waals surface area contributed by atoms with Crippen LogP contribution in [0.1, 0.15) is 29.8 Å². The molecule has 2 aromatic carbocycles. The number of benzene rings is 2. The summed E-state index contributed by atoms with van der Waals surface area (Å²) in [5.74, 6) is 0.375. The number of amides is 1. The molecule has 1 amide bonds. The largest absolute Gasteiger partial charge is 0.496 e. The molecule has 1 N–H and O–H groups in total. The number of methoxy groups -OCH3 is 1. The molecule has 0 aliphatic carbocycles. The maximum Gasteiger partial charge on any atom is 0.258 e. The predicted octanol–water partition coefficient (Wildman–Crippen LogP) is 3.11. The van der Waals surface area contributed by atoms with Gasteiger partial charge in [-0.05, 0) is 31.5 Å². The first kappa shape index (κ1) is 17.0. The Morgan fingerprint density at radius 3 is 2.30 bits per heavy atom. The van der Waals surface area contributed by atoms with Gasteiger partial charge in [-0.2, -0.15) is 0 Å². The summed E-state index contributed by atoms with van der Waals surface area (Å²) in [6.45, 7) is 4.06. The zero-order chi connectivity index (χ0) is 16.9. The van der Waals surface area contributed by atoms with Crippen molar-refractivity contribution in [3.05, 3.63) is 65.7 Å². The van der Waals surface area contributed by atoms with Gasteiger partial charge in [0, 0.05) is 13.1 Å². The molecule has 4 heteroatoms. The van der Waals surface area contributed by atoms with Gasteiger partial charge < -0.3 is 14.7 Å². The number of para-hydroxylation sites is 1. The molecule has 0 saturated heterocycles. The van der Waals surface area contributed by atoms with Crippen molar-refractivity contribution in [3.8, 4) is 5.75 Å². The lowest BCUT2D eigenvalue weighted by Crippen LogP contribution is -2.41. The molecule has 0 saturated carbocycles. The number of rotatable bonds is 6. The van der Waals surface area contributed by atoms with Crippen LogP contribution in [0.2, 0.25) is 0 Å². The number of carbonyl (C=O) groups is 1. The van der Waals surface area contributed by atoms with Gasteiger partial charge >= 0.3 is 0 Å². The van der Waals surface area contributed by atoms with Crippen molar-refractivity contribution in [2.45, 2.75) is 26.0 Å². The summed E-state index contributed by atoms with van der Waals surface area (Å²) in [6.07, 6.45) is 0. The number of hydrogen-bond acceptors (Lipinski definition) is 3. The molecule has 23 heavy (non-hydrogen) atoms. The quantitative estimate of drug-likeness (QED) is 0.891. The van der Waals surface area contributed by atoms with Crippen molar-refractivity contribution >= 4 is 5.91 Å². The average Bonchev–Trinajstić information content (AvgIpc) is 2.53. The van der Waals surface area contributed by atoms with Crippen LogP contribution in [0, 0.1) is 0 Å². The standard InChI is InChI=1S/C19H23NO3/c1-19(2,22)14-20(13-15-9-5-4-6-10-15)18(21)16-11-7-8-12-17(16)23-3/h4-12,22H,13-14H2,1-3H3. The third-order valence-electron chi connectivity index (χ3n) is 3.42. The molecular formula is C19H23NO3. The monoisotopic (exact) mass is 313 g/mol. The molecule has 0 heterocycles. The number of aliphatic hydroxyl groups is 1. The zero-order valence-electron chi connectivity index (χ0n) is 13.8. The van der Waals surface area contributed by atoms with E-state index in [9.17, 15) is 9.90 Å². The van der Waals surface area contributed by atoms with Gasteiger partial charge in [0.25, 0.3) is 5.91 Å². The van der Waals surface area contributed by atoms with E-state index in [2.05, 4.69) is 0 Å². The minimum Gasteiger partial charge on any atom is -0.496 e. The van der Waals surface area contributed by atoms with Crippen LogP contribution in [0.15, 0.2) is 54.6 Å². The van der Waals surface area contributed by atoms with Crippen LogP contribution in [0.25, 0.3) is 0 Å². The average molecular weight is 313 g/mol. The minimum absolute atomic E-state index is 0.159. The first-order valence-corrected chi connectivity index (χ1v) is 7.59. The summed E-state index contributed by atoms with van der Waals surface area (Å²) in [4.78, 5) is 14.6. The molecule has 0 atom stereocenters. The highest BCUT2D eigenvalue weighted by atomic mass is 16.5. The second-order valence-corrected chi connectivity index (χ2v) is 6.16. The third-order valence-corrected chi connectivity index (χ3v) is 3.42. The Kier molecular flexibility index (Phi) is 5.40. The summed E-state index contributed by atoms with van der Waals surface area (Å²) >= 11 is 0. The fourth-order valence-electron chi connectivity index (χ4n) is 2.46. The fourth-order valence-corrected chi connectivity index (χ4v) is 2.46. The van der Waals surface area contributed by atoms with Crippen LogP contribution < -0.4 is 4.74 Å². The van der Waals surface area contributed by atoms with Crippen molar-refractivity contribution in [2.75, 3.05) is 13.7 Å². The van der Waals surface area contributed by atoms with Gasteiger partial charge in [-0.25, -0.2) is 0 Å². The Bertz CT molecular complexity index is 647. The van der Waals surface area contributed by atoms with Crippen molar-refractivity contribution in [2.24, 2.45) is 0 Å². The molecule has 0 unspecified atom stereocenters. The van der Waals surface area contributed by atoms with Gasteiger partial charge in [0.2, 0.25) is 0 Å². The zero-order valence-corrected chi connectivity index (χ0v) is 13.8. The van der Waals surface area contributed by atoms with E-state index in [0.29, 0.717) is 17.9 Å². The third kappa shape index (κ3) is 4.83. The molecule has 2 rings (SSSR count). The van der Waals surface area contributed by atoms with Crippen LogP contribution in [0.3, 0.4) is 0 Å². The molecule has 0 radical (unpaired) electrons. The molecule has 0 spiro atoms. The highest BCUT2D eigenvalue weighted by molar-refractivity contribution is 5.97. The van der Waals surface area contributed by atoms with Crippen molar-refractivity contribution in [1.29, 1.82) is 0 Å². The molecule has 0 bridgehead atoms. The maximum atomic E-state index is 12.9. The highest BCUT2D eigenvalue weighted by Gasteiger charge is 2.25. The number of ether oxygens (including phenoxy) is 1. The van der Waals surface area contributed by atoms with Gasteiger partial charge in [-0.3, -0.25) is 4.79 Å². The number of nitrogens with zero attached hydrogens (tertiary/aromatic N) is 1. The molecule has 0 aromatic heterocycles. The first-order valence-electron chi connectivity index (χ1n) is 7.59. The van der Waals surface area contributed by atoms with E-state index >= 15 is 0 Å². The van der Waals surface area contributed by atoms with Gasteiger partial charge in [-0.1, -0.05) is 42.5 Å². The van der Waals surface area contributed by atoms with Gasteiger partial charge in [0.15, 0.2) is 0 Å². The topological polar surface area (TPSA) is 49.8 Å². The van der Waals surface area contributed by atoms with E-state index in [1.807, 2.05) is 36.4 Å². The molecule has 2 aromatic rings. The Labute approximate surface area is 137 Å². The molecule has 4 nitrogen and oxygen atoms in total. The second-order valence-electron chi connectivity index (χ2n) is 6.16. The van der Waals surface area contributed by atoms with E-state index in [0.717, 1.165) is 5.56 Å². The van der Waals surface area contributed by atoms with Gasteiger partial charge in [0.1, 0.15) is 5.75 Å². The van der Waals surface area contributed by atoms with Crippen molar-refractivity contribution in [1.82, 2.24) is 4.90 Å². The minimum atomic E-state index is -0.980. The Hall–Kier alpha value is -2.33. The van der Waals surface area contributed by atoms with Crippen LogP contribution in [0.4, 0.5) is 0 Å². The molecular weight excluding hydrogens is 290 g/mol. The molecule has 0 aliphatic rings. The Balaban J connectivity index is 2.30. The van der Waals surface area contributed by atoms with Gasteiger partial charge in [-0.15, -0.1) is 0 Å². The fraction of sp³-hybridized carbons (Fsp3) is 0.316. The lowest BCUT2D eigenvalue weighted by atomic mass is 10.1. The van der Waals surface area contributed by atoms with Crippen LogP contribution in [0.5, 0.6) is 5.75 Å². The lowest BCUT2D eigenvalue weighted by molar-refractivity contribution is 0.0278. The molecule has 122 valence electrons. The Morgan fingerprint density at radius 2 is 1.70 bits per heavy atom. The smallest absolute Gasteiger partial charge is 0.258 e. The van der Waals surface area contributed by atoms with Crippen LogP contribution in [-0.4, -0.2) is 35.2 Å². The SMILES string of the molecule is COc1ccccc1C(=O)N(Cc1ccccc1)CC(C)(C)O. The lowest BCUT2D eigenvalue weighted by Gasteiger charge is -2.29. The summed E-state index contributed by atoms with van der Waals surface area (Å²) in [5, 5.41) is 10.2. The Morgan fingerprint density at radius 1 is 1.09 bits per heavy atom. The van der Waals surface area contributed by atoms with E-state index < -0.39 is 5.60 Å². The number of carbonyl (C=O) groups excluding carboxylic acids is 1. The molecule has 0 aliphatic heterocycles. The summed E-state index contributed by atoms with van der Waals surface area (Å²) < 4.78 is 5.29. The summed E-state index contributed by atoms with van der Waals surface area (Å²) in [6, 6.07) is 16.9. The summed E-state index contributed by atoms with van der Waals surface area (Å²) in [5.41, 5.74) is 0.530. The van der Waals surface area contributed by atoms with Crippen molar-refractivity contribution in [3.63, 3.8) is 0 Å². The van der Waals surface area contributed by atoms with E-state index in [-0.39, 0.29) is 12.5 Å². The molecule has 0 fully saturated rings. The van der Waals surface area contributed by atoms with E-state index in [1.165, 1.54) is 0 Å². The van der Waals surface area contributed by atoms with Crippen molar-refractivity contribution < 1.29 is 14.6 Å². The first-order chi connectivity index (χ1) is 10.9. The highest BCUT2D eigenvalue weighted by Crippen LogP contribution is 2.21.